The van der Waals surface area contributed by atoms with Crippen LogP contribution in [0.5, 0.6) is 0 Å². The van der Waals surface area contributed by atoms with E-state index in [4.69, 9.17) is 9.68 Å². The summed E-state index contributed by atoms with van der Waals surface area (Å²) in [6.07, 6.45) is 4.73. The van der Waals surface area contributed by atoms with Gasteiger partial charge in [-0.15, -0.1) is 5.10 Å². The van der Waals surface area contributed by atoms with Gasteiger partial charge in [0.15, 0.2) is 0 Å². The van der Waals surface area contributed by atoms with E-state index >= 15 is 0 Å². The molecular formula is C16H12N4O2. The van der Waals surface area contributed by atoms with E-state index in [2.05, 4.69) is 16.1 Å². The van der Waals surface area contributed by atoms with Gasteiger partial charge in [-0.1, -0.05) is 0 Å². The molecule has 0 amide bonds. The average molecular weight is 292 g/mol. The van der Waals surface area contributed by atoms with Gasteiger partial charge in [0.1, 0.15) is 18.0 Å². The molecule has 1 aliphatic carbocycles. The molecule has 1 aliphatic rings. The quantitative estimate of drug-likeness (QED) is 0.672. The third kappa shape index (κ3) is 2.07. The van der Waals surface area contributed by atoms with Gasteiger partial charge in [-0.25, -0.2) is 14.5 Å². The third-order valence-corrected chi connectivity index (χ3v) is 4.01. The topological polar surface area (TPSA) is 84.7 Å². The van der Waals surface area contributed by atoms with Gasteiger partial charge in [0.25, 0.3) is 5.82 Å². The molecule has 1 aromatic carbocycles. The number of nitriles is 1. The summed E-state index contributed by atoms with van der Waals surface area (Å²) in [6.45, 7) is 0.384. The molecule has 22 heavy (non-hydrogen) atoms. The summed E-state index contributed by atoms with van der Waals surface area (Å²) in [7, 11) is 0. The van der Waals surface area contributed by atoms with E-state index in [1.807, 2.05) is 12.1 Å². The summed E-state index contributed by atoms with van der Waals surface area (Å²) in [6, 6.07) is 7.46. The largest absolute Gasteiger partial charge is 0.423 e. The monoisotopic (exact) mass is 292 g/mol. The lowest BCUT2D eigenvalue weighted by Gasteiger charge is -2.07. The van der Waals surface area contributed by atoms with E-state index in [0.717, 1.165) is 30.2 Å². The maximum Gasteiger partial charge on any atom is 0.336 e. The Balaban J connectivity index is 1.85. The number of aryl methyl sites for hydroxylation is 2. The van der Waals surface area contributed by atoms with Crippen LogP contribution in [-0.2, 0) is 19.4 Å². The van der Waals surface area contributed by atoms with E-state index in [1.165, 1.54) is 23.5 Å². The number of rotatable bonds is 2. The SMILES string of the molecule is N#Cc1ncn(Cc2cc(=O)oc3cc4c(cc23)CCC4)n1. The van der Waals surface area contributed by atoms with Crippen molar-refractivity contribution < 1.29 is 4.42 Å². The number of hydrogen-bond acceptors (Lipinski definition) is 5. The summed E-state index contributed by atoms with van der Waals surface area (Å²) in [5.74, 6) is 0.119. The van der Waals surface area contributed by atoms with Crippen LogP contribution in [0, 0.1) is 11.3 Å². The molecule has 0 unspecified atom stereocenters. The molecular weight excluding hydrogens is 280 g/mol. The molecule has 108 valence electrons. The van der Waals surface area contributed by atoms with Crippen LogP contribution >= 0.6 is 0 Å². The van der Waals surface area contributed by atoms with Crippen molar-refractivity contribution in [3.05, 3.63) is 57.5 Å². The Morgan fingerprint density at radius 1 is 1.27 bits per heavy atom. The van der Waals surface area contributed by atoms with Crippen molar-refractivity contribution >= 4 is 11.0 Å². The molecule has 0 aliphatic heterocycles. The highest BCUT2D eigenvalue weighted by molar-refractivity contribution is 5.82. The van der Waals surface area contributed by atoms with Gasteiger partial charge in [-0.2, -0.15) is 5.26 Å². The van der Waals surface area contributed by atoms with Gasteiger partial charge < -0.3 is 4.42 Å². The fraction of sp³-hybridized carbons (Fsp3) is 0.250. The minimum atomic E-state index is -0.374. The smallest absolute Gasteiger partial charge is 0.336 e. The van der Waals surface area contributed by atoms with Crippen molar-refractivity contribution in [2.24, 2.45) is 0 Å². The molecule has 6 heteroatoms. The first-order valence-electron chi connectivity index (χ1n) is 7.11. The molecule has 0 fully saturated rings. The molecule has 0 N–H and O–H groups in total. The Kier molecular flexibility index (Phi) is 2.79. The molecule has 0 saturated carbocycles. The van der Waals surface area contributed by atoms with E-state index in [9.17, 15) is 4.79 Å². The highest BCUT2D eigenvalue weighted by Gasteiger charge is 2.15. The van der Waals surface area contributed by atoms with Gasteiger partial charge in [-0.3, -0.25) is 0 Å². The highest BCUT2D eigenvalue weighted by atomic mass is 16.4. The van der Waals surface area contributed by atoms with Crippen LogP contribution in [0.25, 0.3) is 11.0 Å². The molecule has 2 aromatic heterocycles. The molecule has 0 spiro atoms. The maximum atomic E-state index is 11.8. The Labute approximate surface area is 125 Å². The molecule has 0 atom stereocenters. The van der Waals surface area contributed by atoms with Crippen LogP contribution < -0.4 is 5.63 Å². The summed E-state index contributed by atoms with van der Waals surface area (Å²) in [5, 5.41) is 13.8. The van der Waals surface area contributed by atoms with E-state index in [-0.39, 0.29) is 11.4 Å². The fourth-order valence-electron chi connectivity index (χ4n) is 3.02. The number of hydrogen-bond donors (Lipinski definition) is 0. The molecule has 3 aromatic rings. The fourth-order valence-corrected chi connectivity index (χ4v) is 3.02. The van der Waals surface area contributed by atoms with Gasteiger partial charge in [0.2, 0.25) is 0 Å². The number of nitrogens with zero attached hydrogens (tertiary/aromatic N) is 4. The van der Waals surface area contributed by atoms with E-state index in [1.54, 1.807) is 4.68 Å². The molecule has 2 heterocycles. The highest BCUT2D eigenvalue weighted by Crippen LogP contribution is 2.28. The zero-order valence-electron chi connectivity index (χ0n) is 11.7. The van der Waals surface area contributed by atoms with Crippen molar-refractivity contribution in [2.75, 3.05) is 0 Å². The first-order valence-corrected chi connectivity index (χ1v) is 7.11. The predicted octanol–water partition coefficient (Wildman–Crippen LogP) is 1.79. The van der Waals surface area contributed by atoms with Crippen molar-refractivity contribution in [3.8, 4) is 6.07 Å². The zero-order chi connectivity index (χ0) is 15.1. The number of fused-ring (bicyclic) bond motifs is 2. The van der Waals surface area contributed by atoms with Crippen LogP contribution in [0.4, 0.5) is 0 Å². The molecule has 0 bridgehead atoms. The molecule has 6 nitrogen and oxygen atoms in total. The predicted molar refractivity (Wildman–Crippen MR) is 78.3 cm³/mol. The van der Waals surface area contributed by atoms with Crippen molar-refractivity contribution in [2.45, 2.75) is 25.8 Å². The lowest BCUT2D eigenvalue weighted by atomic mass is 10.0. The average Bonchev–Trinajstić information content (AvgIpc) is 3.13. The van der Waals surface area contributed by atoms with Crippen molar-refractivity contribution in [3.63, 3.8) is 0 Å². The van der Waals surface area contributed by atoms with E-state index < -0.39 is 0 Å². The van der Waals surface area contributed by atoms with Gasteiger partial charge in [0, 0.05) is 11.5 Å². The molecule has 4 rings (SSSR count). The minimum Gasteiger partial charge on any atom is -0.423 e. The van der Waals surface area contributed by atoms with Crippen LogP contribution in [0.15, 0.2) is 33.7 Å². The first kappa shape index (κ1) is 12.8. The van der Waals surface area contributed by atoms with Gasteiger partial charge >= 0.3 is 5.63 Å². The lowest BCUT2D eigenvalue weighted by Crippen LogP contribution is -2.07. The first-order chi connectivity index (χ1) is 10.7. The van der Waals surface area contributed by atoms with Crippen LogP contribution in [0.3, 0.4) is 0 Å². The second kappa shape index (κ2) is 4.81. The lowest BCUT2D eigenvalue weighted by molar-refractivity contribution is 0.555. The second-order valence-electron chi connectivity index (χ2n) is 5.44. The number of aromatic nitrogens is 3. The van der Waals surface area contributed by atoms with Crippen LogP contribution in [-0.4, -0.2) is 14.8 Å². The minimum absolute atomic E-state index is 0.119. The van der Waals surface area contributed by atoms with Crippen molar-refractivity contribution in [1.82, 2.24) is 14.8 Å². The molecule has 0 radical (unpaired) electrons. The van der Waals surface area contributed by atoms with Crippen LogP contribution in [0.2, 0.25) is 0 Å². The number of benzene rings is 1. The zero-order valence-corrected chi connectivity index (χ0v) is 11.7. The van der Waals surface area contributed by atoms with E-state index in [0.29, 0.717) is 12.1 Å². The third-order valence-electron chi connectivity index (χ3n) is 4.01. The Morgan fingerprint density at radius 3 is 2.86 bits per heavy atom. The second-order valence-corrected chi connectivity index (χ2v) is 5.44. The Morgan fingerprint density at radius 2 is 2.09 bits per heavy atom. The normalized spacial score (nSPS) is 13.2. The van der Waals surface area contributed by atoms with Gasteiger partial charge in [-0.05, 0) is 48.1 Å². The van der Waals surface area contributed by atoms with Crippen LogP contribution in [0.1, 0.15) is 28.9 Å². The summed E-state index contributed by atoms with van der Waals surface area (Å²) in [4.78, 5) is 15.7. The summed E-state index contributed by atoms with van der Waals surface area (Å²) < 4.78 is 6.89. The summed E-state index contributed by atoms with van der Waals surface area (Å²) >= 11 is 0. The standard InChI is InChI=1S/C16H12N4O2/c17-7-15-18-9-20(19-15)8-12-6-16(21)22-14-5-11-3-1-2-10(11)4-13(12)14/h4-6,9H,1-3,8H2. The van der Waals surface area contributed by atoms with Gasteiger partial charge in [0.05, 0.1) is 6.54 Å². The Bertz CT molecular complexity index is 978. The summed E-state index contributed by atoms with van der Waals surface area (Å²) in [5.41, 5.74) is 3.65. The Hall–Kier alpha value is -2.94. The van der Waals surface area contributed by atoms with Crippen molar-refractivity contribution in [1.29, 1.82) is 5.26 Å². The molecule has 0 saturated heterocycles. The maximum absolute atomic E-state index is 11.8.